The molecule has 3 aromatic rings. The van der Waals surface area contributed by atoms with Crippen molar-refractivity contribution < 1.29 is 19.4 Å². The van der Waals surface area contributed by atoms with Gasteiger partial charge in [-0.05, 0) is 29.8 Å². The highest BCUT2D eigenvalue weighted by molar-refractivity contribution is 6.05. The van der Waals surface area contributed by atoms with E-state index < -0.39 is 5.97 Å². The number of fused-ring (bicyclic) bond motifs is 2. The number of hydrogen-bond donors (Lipinski definition) is 2. The van der Waals surface area contributed by atoms with Crippen molar-refractivity contribution in [3.05, 3.63) is 53.9 Å². The Morgan fingerprint density at radius 1 is 1.22 bits per heavy atom. The van der Waals surface area contributed by atoms with Crippen LogP contribution in [-0.4, -0.2) is 22.3 Å². The number of aromatic nitrogens is 1. The molecular formula is C17H14N2O4. The summed E-state index contributed by atoms with van der Waals surface area (Å²) in [5, 5.41) is 9.72. The normalized spacial score (nSPS) is 12.7. The van der Waals surface area contributed by atoms with Gasteiger partial charge in [0.2, 0.25) is 6.79 Å². The number of carboxylic acids is 1. The Bertz CT molecular complexity index is 930. The van der Waals surface area contributed by atoms with Crippen molar-refractivity contribution >= 4 is 11.5 Å². The van der Waals surface area contributed by atoms with E-state index in [-0.39, 0.29) is 18.9 Å². The molecule has 116 valence electrons. The van der Waals surface area contributed by atoms with Gasteiger partial charge in [0, 0.05) is 24.0 Å². The molecule has 1 aliphatic rings. The van der Waals surface area contributed by atoms with Crippen LogP contribution in [0.1, 0.15) is 16.1 Å². The first-order chi connectivity index (χ1) is 11.2. The first kappa shape index (κ1) is 13.7. The number of pyridine rings is 1. The van der Waals surface area contributed by atoms with E-state index >= 15 is 0 Å². The van der Waals surface area contributed by atoms with Crippen molar-refractivity contribution in [3.63, 3.8) is 0 Å². The van der Waals surface area contributed by atoms with Crippen molar-refractivity contribution in [1.29, 1.82) is 0 Å². The highest BCUT2D eigenvalue weighted by atomic mass is 16.7. The van der Waals surface area contributed by atoms with E-state index in [1.807, 2.05) is 28.8 Å². The molecule has 0 atom stereocenters. The van der Waals surface area contributed by atoms with Crippen molar-refractivity contribution in [3.8, 4) is 22.6 Å². The molecule has 6 heteroatoms. The summed E-state index contributed by atoms with van der Waals surface area (Å²) in [7, 11) is 0. The Morgan fingerprint density at radius 3 is 2.83 bits per heavy atom. The molecule has 2 aromatic heterocycles. The fraction of sp³-hybridized carbons (Fsp3) is 0.118. The van der Waals surface area contributed by atoms with Gasteiger partial charge in [-0.25, -0.2) is 4.79 Å². The van der Waals surface area contributed by atoms with Crippen molar-refractivity contribution in [1.82, 2.24) is 4.40 Å². The molecular weight excluding hydrogens is 296 g/mol. The Morgan fingerprint density at radius 2 is 2.04 bits per heavy atom. The van der Waals surface area contributed by atoms with Gasteiger partial charge in [-0.2, -0.15) is 0 Å². The van der Waals surface area contributed by atoms with Crippen LogP contribution in [0, 0.1) is 0 Å². The number of nitrogens with zero attached hydrogens (tertiary/aromatic N) is 1. The lowest BCUT2D eigenvalue weighted by Crippen LogP contribution is -2.03. The Balaban J connectivity index is 2.06. The number of nitrogens with two attached hydrogens (primary N) is 1. The lowest BCUT2D eigenvalue weighted by atomic mass is 10.00. The lowest BCUT2D eigenvalue weighted by molar-refractivity contribution is 0.0700. The van der Waals surface area contributed by atoms with Gasteiger partial charge in [-0.3, -0.25) is 0 Å². The van der Waals surface area contributed by atoms with Crippen LogP contribution in [0.3, 0.4) is 0 Å². The van der Waals surface area contributed by atoms with Crippen LogP contribution >= 0.6 is 0 Å². The number of carboxylic acid groups (broad SMARTS) is 1. The molecule has 0 bridgehead atoms. The maximum absolute atomic E-state index is 11.9. The number of carbonyl (C=O) groups is 1. The van der Waals surface area contributed by atoms with Gasteiger partial charge in [-0.1, -0.05) is 12.1 Å². The van der Waals surface area contributed by atoms with Crippen LogP contribution in [0.2, 0.25) is 0 Å². The molecule has 6 nitrogen and oxygen atoms in total. The molecule has 1 aromatic carbocycles. The van der Waals surface area contributed by atoms with E-state index in [1.165, 1.54) is 0 Å². The van der Waals surface area contributed by atoms with Crippen molar-refractivity contribution in [2.75, 3.05) is 6.79 Å². The molecule has 0 radical (unpaired) electrons. The molecule has 0 spiro atoms. The third-order valence-electron chi connectivity index (χ3n) is 4.01. The summed E-state index contributed by atoms with van der Waals surface area (Å²) < 4.78 is 12.5. The predicted molar refractivity (Wildman–Crippen MR) is 83.8 cm³/mol. The molecule has 1 aliphatic heterocycles. The van der Waals surface area contributed by atoms with Crippen LogP contribution in [-0.2, 0) is 6.54 Å². The summed E-state index contributed by atoms with van der Waals surface area (Å²) in [5.41, 5.74) is 8.88. The predicted octanol–water partition coefficient (Wildman–Crippen LogP) is 2.49. The Kier molecular flexibility index (Phi) is 2.99. The summed E-state index contributed by atoms with van der Waals surface area (Å²) in [6.07, 6.45) is 1.82. The molecule has 0 unspecified atom stereocenters. The van der Waals surface area contributed by atoms with Gasteiger partial charge in [0.1, 0.15) is 0 Å². The first-order valence-electron chi connectivity index (χ1n) is 7.16. The van der Waals surface area contributed by atoms with Gasteiger partial charge in [0.15, 0.2) is 11.5 Å². The Labute approximate surface area is 131 Å². The van der Waals surface area contributed by atoms with Gasteiger partial charge in [-0.15, -0.1) is 0 Å². The van der Waals surface area contributed by atoms with Crippen LogP contribution in [0.4, 0.5) is 0 Å². The van der Waals surface area contributed by atoms with Crippen LogP contribution in [0.25, 0.3) is 16.6 Å². The summed E-state index contributed by atoms with van der Waals surface area (Å²) in [4.78, 5) is 11.9. The van der Waals surface area contributed by atoms with E-state index in [9.17, 15) is 9.90 Å². The zero-order chi connectivity index (χ0) is 16.0. The lowest BCUT2D eigenvalue weighted by Gasteiger charge is -2.06. The zero-order valence-electron chi connectivity index (χ0n) is 12.2. The van der Waals surface area contributed by atoms with Crippen LogP contribution in [0.15, 0.2) is 42.6 Å². The van der Waals surface area contributed by atoms with E-state index in [0.717, 1.165) is 11.3 Å². The fourth-order valence-corrected chi connectivity index (χ4v) is 3.05. The standard InChI is InChI=1S/C17H14N2O4/c18-8-12-15(10-4-5-13-14(7-10)23-9-22-13)16(17(20)21)11-3-1-2-6-19(11)12/h1-7H,8-9,18H2,(H,20,21). The minimum Gasteiger partial charge on any atom is -0.478 e. The summed E-state index contributed by atoms with van der Waals surface area (Å²) in [5.74, 6) is 0.279. The van der Waals surface area contributed by atoms with Crippen molar-refractivity contribution in [2.45, 2.75) is 6.54 Å². The summed E-state index contributed by atoms with van der Waals surface area (Å²) in [6, 6.07) is 10.8. The molecule has 0 aliphatic carbocycles. The van der Waals surface area contributed by atoms with E-state index in [4.69, 9.17) is 15.2 Å². The minimum absolute atomic E-state index is 0.173. The maximum atomic E-state index is 11.9. The third-order valence-corrected chi connectivity index (χ3v) is 4.01. The minimum atomic E-state index is -0.985. The number of rotatable bonds is 3. The smallest absolute Gasteiger partial charge is 0.338 e. The molecule has 4 rings (SSSR count). The van der Waals surface area contributed by atoms with Crippen LogP contribution < -0.4 is 15.2 Å². The molecule has 0 fully saturated rings. The molecule has 0 saturated heterocycles. The van der Waals surface area contributed by atoms with Crippen LogP contribution in [0.5, 0.6) is 11.5 Å². The van der Waals surface area contributed by atoms with Gasteiger partial charge < -0.3 is 24.7 Å². The second-order valence-electron chi connectivity index (χ2n) is 5.23. The molecule has 0 amide bonds. The molecule has 3 N–H and O–H groups in total. The summed E-state index contributed by atoms with van der Waals surface area (Å²) >= 11 is 0. The van der Waals surface area contributed by atoms with Gasteiger partial charge in [0.25, 0.3) is 0 Å². The topological polar surface area (TPSA) is 86.2 Å². The van der Waals surface area contributed by atoms with Gasteiger partial charge in [0.05, 0.1) is 11.1 Å². The van der Waals surface area contributed by atoms with E-state index in [0.29, 0.717) is 22.6 Å². The molecule has 0 saturated carbocycles. The molecule has 23 heavy (non-hydrogen) atoms. The SMILES string of the molecule is NCc1c(-c2ccc3c(c2)OCO3)c(C(=O)O)c2ccccn12. The monoisotopic (exact) mass is 310 g/mol. The fourth-order valence-electron chi connectivity index (χ4n) is 3.05. The first-order valence-corrected chi connectivity index (χ1v) is 7.16. The van der Waals surface area contributed by atoms with E-state index in [2.05, 4.69) is 0 Å². The summed E-state index contributed by atoms with van der Waals surface area (Å²) in [6.45, 7) is 0.397. The average Bonchev–Trinajstić information content (AvgIpc) is 3.15. The maximum Gasteiger partial charge on any atom is 0.338 e. The zero-order valence-corrected chi connectivity index (χ0v) is 12.2. The number of benzene rings is 1. The van der Waals surface area contributed by atoms with E-state index in [1.54, 1.807) is 18.2 Å². The largest absolute Gasteiger partial charge is 0.478 e. The second kappa shape index (κ2) is 5.03. The van der Waals surface area contributed by atoms with Gasteiger partial charge >= 0.3 is 5.97 Å². The highest BCUT2D eigenvalue weighted by Gasteiger charge is 2.24. The third kappa shape index (κ3) is 1.96. The van der Waals surface area contributed by atoms with Crippen molar-refractivity contribution in [2.24, 2.45) is 5.73 Å². The Hall–Kier alpha value is -2.99. The average molecular weight is 310 g/mol. The number of aromatic carboxylic acids is 1. The number of hydrogen-bond acceptors (Lipinski definition) is 4. The second-order valence-corrected chi connectivity index (χ2v) is 5.23. The quantitative estimate of drug-likeness (QED) is 0.776. The number of ether oxygens (including phenoxy) is 2. The highest BCUT2D eigenvalue weighted by Crippen LogP contribution is 2.39. The molecule has 3 heterocycles.